The third kappa shape index (κ3) is 2.45. The molecule has 4 nitrogen and oxygen atoms in total. The molecule has 1 aromatic carbocycles. The van der Waals surface area contributed by atoms with Crippen molar-refractivity contribution in [3.63, 3.8) is 0 Å². The first-order chi connectivity index (χ1) is 8.95. The fraction of sp³-hybridized carbons (Fsp3) is 0.308. The lowest BCUT2D eigenvalue weighted by Crippen LogP contribution is -2.23. The van der Waals surface area contributed by atoms with Crippen LogP contribution in [0.3, 0.4) is 0 Å². The van der Waals surface area contributed by atoms with Crippen molar-refractivity contribution in [3.05, 3.63) is 28.1 Å². The van der Waals surface area contributed by atoms with Crippen LogP contribution in [-0.2, 0) is 11.2 Å². The Hall–Kier alpha value is -1.56. The van der Waals surface area contributed by atoms with Gasteiger partial charge in [0.05, 0.1) is 23.5 Å². The summed E-state index contributed by atoms with van der Waals surface area (Å²) in [6, 6.07) is 1.34. The van der Waals surface area contributed by atoms with Gasteiger partial charge in [-0.1, -0.05) is 0 Å². The highest BCUT2D eigenvalue weighted by Gasteiger charge is 2.18. The van der Waals surface area contributed by atoms with Crippen LogP contribution in [0.1, 0.15) is 5.56 Å². The van der Waals surface area contributed by atoms with E-state index < -0.39 is 0 Å². The molecule has 2 rings (SSSR count). The first-order valence-corrected chi connectivity index (χ1v) is 6.47. The topological polar surface area (TPSA) is 45.3 Å². The summed E-state index contributed by atoms with van der Waals surface area (Å²) in [6.45, 7) is 0. The number of carbonyl (C=O) groups is 1. The standard InChI is InChI=1S/C13H14BrFN2O2/c1-17(2)10(18)4-7-6-16-12-9(15)5-8(14)13(19-3)11(7)12/h5-6,16H,4H2,1-3H3. The van der Waals surface area contributed by atoms with E-state index in [4.69, 9.17) is 4.74 Å². The molecule has 0 atom stereocenters. The van der Waals surface area contributed by atoms with Crippen molar-refractivity contribution in [2.45, 2.75) is 6.42 Å². The number of nitrogens with zero attached hydrogens (tertiary/aromatic N) is 1. The van der Waals surface area contributed by atoms with E-state index in [1.807, 2.05) is 0 Å². The third-order valence-electron chi connectivity index (χ3n) is 2.94. The summed E-state index contributed by atoms with van der Waals surface area (Å²) >= 11 is 3.27. The van der Waals surface area contributed by atoms with Crippen LogP contribution < -0.4 is 4.74 Å². The normalized spacial score (nSPS) is 10.8. The fourth-order valence-electron chi connectivity index (χ4n) is 1.94. The van der Waals surface area contributed by atoms with E-state index in [9.17, 15) is 9.18 Å². The fourth-order valence-corrected chi connectivity index (χ4v) is 2.50. The Bertz CT molecular complexity index is 637. The van der Waals surface area contributed by atoms with Gasteiger partial charge in [-0.05, 0) is 27.6 Å². The Morgan fingerprint density at radius 2 is 2.21 bits per heavy atom. The molecule has 0 saturated carbocycles. The molecule has 1 heterocycles. The number of fused-ring (bicyclic) bond motifs is 1. The summed E-state index contributed by atoms with van der Waals surface area (Å²) in [5.41, 5.74) is 1.06. The van der Waals surface area contributed by atoms with Crippen molar-refractivity contribution in [1.29, 1.82) is 0 Å². The molecule has 0 fully saturated rings. The molecule has 2 aromatic rings. The molecule has 0 radical (unpaired) electrons. The van der Waals surface area contributed by atoms with E-state index in [-0.39, 0.29) is 18.1 Å². The van der Waals surface area contributed by atoms with Gasteiger partial charge in [0.15, 0.2) is 0 Å². The zero-order chi connectivity index (χ0) is 14.2. The number of aromatic amines is 1. The molecule has 0 aliphatic rings. The minimum atomic E-state index is -0.383. The Morgan fingerprint density at radius 3 is 2.79 bits per heavy atom. The smallest absolute Gasteiger partial charge is 0.226 e. The number of hydrogen-bond acceptors (Lipinski definition) is 2. The summed E-state index contributed by atoms with van der Waals surface area (Å²) in [5, 5.41) is 0.601. The lowest BCUT2D eigenvalue weighted by Gasteiger charge is -2.11. The van der Waals surface area contributed by atoms with Crippen LogP contribution in [0.25, 0.3) is 10.9 Å². The van der Waals surface area contributed by atoms with Crippen LogP contribution in [-0.4, -0.2) is 37.0 Å². The van der Waals surface area contributed by atoms with E-state index >= 15 is 0 Å². The van der Waals surface area contributed by atoms with Crippen LogP contribution in [0.5, 0.6) is 5.75 Å². The monoisotopic (exact) mass is 328 g/mol. The highest BCUT2D eigenvalue weighted by molar-refractivity contribution is 9.10. The summed E-state index contributed by atoms with van der Waals surface area (Å²) in [6.07, 6.45) is 1.84. The molecule has 0 aliphatic heterocycles. The van der Waals surface area contributed by atoms with E-state index in [1.54, 1.807) is 20.3 Å². The van der Waals surface area contributed by atoms with Crippen molar-refractivity contribution < 1.29 is 13.9 Å². The van der Waals surface area contributed by atoms with Gasteiger partial charge in [-0.3, -0.25) is 4.79 Å². The Kier molecular flexibility index (Phi) is 3.80. The predicted molar refractivity (Wildman–Crippen MR) is 74.9 cm³/mol. The van der Waals surface area contributed by atoms with Gasteiger partial charge in [0.1, 0.15) is 11.6 Å². The van der Waals surface area contributed by atoms with E-state index in [2.05, 4.69) is 20.9 Å². The quantitative estimate of drug-likeness (QED) is 0.941. The Balaban J connectivity index is 2.60. The van der Waals surface area contributed by atoms with Gasteiger partial charge in [0.25, 0.3) is 0 Å². The number of amides is 1. The number of hydrogen-bond donors (Lipinski definition) is 1. The maximum Gasteiger partial charge on any atom is 0.226 e. The highest BCUT2D eigenvalue weighted by atomic mass is 79.9. The van der Waals surface area contributed by atoms with Gasteiger partial charge in [0, 0.05) is 25.7 Å². The number of rotatable bonds is 3. The van der Waals surface area contributed by atoms with E-state index in [0.717, 1.165) is 0 Å². The van der Waals surface area contributed by atoms with Gasteiger partial charge in [-0.15, -0.1) is 0 Å². The second kappa shape index (κ2) is 5.21. The van der Waals surface area contributed by atoms with Crippen LogP contribution in [0.15, 0.2) is 16.7 Å². The number of ether oxygens (including phenoxy) is 1. The summed E-state index contributed by atoms with van der Waals surface area (Å²) in [7, 11) is 4.89. The molecule has 0 bridgehead atoms. The van der Waals surface area contributed by atoms with Crippen LogP contribution in [0.4, 0.5) is 4.39 Å². The second-order valence-electron chi connectivity index (χ2n) is 4.40. The molecule has 0 aliphatic carbocycles. The number of halogens is 2. The lowest BCUT2D eigenvalue weighted by atomic mass is 10.1. The number of nitrogens with one attached hydrogen (secondary N) is 1. The SMILES string of the molecule is COc1c(Br)cc(F)c2[nH]cc(CC(=O)N(C)C)c12. The highest BCUT2D eigenvalue weighted by Crippen LogP contribution is 2.37. The number of methoxy groups -OCH3 is 1. The number of H-pyrrole nitrogens is 1. The molecule has 1 aromatic heterocycles. The minimum absolute atomic E-state index is 0.0525. The van der Waals surface area contributed by atoms with Gasteiger partial charge >= 0.3 is 0 Å². The van der Waals surface area contributed by atoms with E-state index in [0.29, 0.717) is 26.7 Å². The first-order valence-electron chi connectivity index (χ1n) is 5.67. The number of aromatic nitrogens is 1. The van der Waals surface area contributed by atoms with Crippen LogP contribution in [0.2, 0.25) is 0 Å². The zero-order valence-electron chi connectivity index (χ0n) is 10.9. The molecule has 0 saturated heterocycles. The summed E-state index contributed by atoms with van der Waals surface area (Å²) in [4.78, 5) is 16.1. The second-order valence-corrected chi connectivity index (χ2v) is 5.26. The molecule has 0 unspecified atom stereocenters. The Labute approximate surface area is 118 Å². The predicted octanol–water partition coefficient (Wildman–Crippen LogP) is 2.71. The first kappa shape index (κ1) is 13.9. The van der Waals surface area contributed by atoms with Crippen molar-refractivity contribution in [1.82, 2.24) is 9.88 Å². The molecule has 1 N–H and O–H groups in total. The zero-order valence-corrected chi connectivity index (χ0v) is 12.5. The molecule has 0 spiro atoms. The molecular weight excluding hydrogens is 315 g/mol. The Morgan fingerprint density at radius 1 is 1.53 bits per heavy atom. The van der Waals surface area contributed by atoms with Gasteiger partial charge in [0.2, 0.25) is 5.91 Å². The summed E-state index contributed by atoms with van der Waals surface area (Å²) in [5.74, 6) is 0.0915. The molecule has 19 heavy (non-hydrogen) atoms. The third-order valence-corrected chi connectivity index (χ3v) is 3.53. The lowest BCUT2D eigenvalue weighted by molar-refractivity contribution is -0.127. The maximum atomic E-state index is 13.9. The molecular formula is C13H14BrFN2O2. The number of benzene rings is 1. The number of likely N-dealkylation sites (N-methyl/N-ethyl adjacent to an activating group) is 1. The van der Waals surface area contributed by atoms with Gasteiger partial charge in [-0.25, -0.2) is 4.39 Å². The van der Waals surface area contributed by atoms with Crippen LogP contribution in [0, 0.1) is 5.82 Å². The van der Waals surface area contributed by atoms with Crippen LogP contribution >= 0.6 is 15.9 Å². The number of carbonyl (C=O) groups excluding carboxylic acids is 1. The average Bonchev–Trinajstić information content (AvgIpc) is 2.74. The van der Waals surface area contributed by atoms with E-state index in [1.165, 1.54) is 18.1 Å². The minimum Gasteiger partial charge on any atom is -0.495 e. The van der Waals surface area contributed by atoms with Gasteiger partial charge < -0.3 is 14.6 Å². The molecule has 6 heteroatoms. The van der Waals surface area contributed by atoms with Crippen molar-refractivity contribution in [3.8, 4) is 5.75 Å². The molecule has 102 valence electrons. The average molecular weight is 329 g/mol. The van der Waals surface area contributed by atoms with Crippen molar-refractivity contribution in [2.24, 2.45) is 0 Å². The summed E-state index contributed by atoms with van der Waals surface area (Å²) < 4.78 is 19.7. The largest absolute Gasteiger partial charge is 0.495 e. The van der Waals surface area contributed by atoms with Gasteiger partial charge in [-0.2, -0.15) is 0 Å². The van der Waals surface area contributed by atoms with Crippen molar-refractivity contribution >= 4 is 32.7 Å². The molecule has 1 amide bonds. The van der Waals surface area contributed by atoms with Crippen molar-refractivity contribution in [2.75, 3.05) is 21.2 Å². The maximum absolute atomic E-state index is 13.9.